The zero-order valence-corrected chi connectivity index (χ0v) is 7.90. The fourth-order valence-corrected chi connectivity index (χ4v) is 1.64. The van der Waals surface area contributed by atoms with E-state index in [0.717, 1.165) is 31.9 Å². The van der Waals surface area contributed by atoms with E-state index in [0.29, 0.717) is 5.56 Å². The Kier molecular flexibility index (Phi) is 2.61. The van der Waals surface area contributed by atoms with E-state index in [1.165, 1.54) is 0 Å². The number of hydrogen-bond acceptors (Lipinski definition) is 4. The Hall–Kier alpha value is -1.60. The Labute approximate surface area is 83.2 Å². The summed E-state index contributed by atoms with van der Waals surface area (Å²) in [7, 11) is 0. The van der Waals surface area contributed by atoms with Gasteiger partial charge in [0.05, 0.1) is 17.4 Å². The Balaban J connectivity index is 2.26. The second kappa shape index (κ2) is 4.07. The first-order valence-electron chi connectivity index (χ1n) is 4.71. The highest BCUT2D eigenvalue weighted by atomic mass is 15.2. The molecule has 0 aromatic carbocycles. The van der Waals surface area contributed by atoms with E-state index in [2.05, 4.69) is 21.3 Å². The van der Waals surface area contributed by atoms with Crippen molar-refractivity contribution in [2.75, 3.05) is 31.1 Å². The molecule has 4 heteroatoms. The number of nitrogens with one attached hydrogen (secondary N) is 1. The molecule has 0 atom stereocenters. The molecule has 1 aromatic rings. The molecule has 0 radical (unpaired) electrons. The lowest BCUT2D eigenvalue weighted by Crippen LogP contribution is -2.43. The van der Waals surface area contributed by atoms with Gasteiger partial charge in [-0.05, 0) is 6.07 Å². The van der Waals surface area contributed by atoms with Gasteiger partial charge in [0.15, 0.2) is 0 Å². The van der Waals surface area contributed by atoms with Gasteiger partial charge in [-0.25, -0.2) is 0 Å². The molecule has 4 nitrogen and oxygen atoms in total. The van der Waals surface area contributed by atoms with Crippen molar-refractivity contribution in [1.82, 2.24) is 10.3 Å². The third kappa shape index (κ3) is 1.68. The molecule has 1 saturated heterocycles. The van der Waals surface area contributed by atoms with Gasteiger partial charge in [-0.3, -0.25) is 4.98 Å². The van der Waals surface area contributed by atoms with Crippen LogP contribution in [-0.2, 0) is 0 Å². The highest BCUT2D eigenvalue weighted by Crippen LogP contribution is 2.17. The summed E-state index contributed by atoms with van der Waals surface area (Å²) in [5.74, 6) is 0. The highest BCUT2D eigenvalue weighted by molar-refractivity contribution is 5.57. The van der Waals surface area contributed by atoms with E-state index in [9.17, 15) is 0 Å². The summed E-state index contributed by atoms with van der Waals surface area (Å²) in [4.78, 5) is 6.25. The largest absolute Gasteiger partial charge is 0.367 e. The first kappa shape index (κ1) is 8.97. The van der Waals surface area contributed by atoms with Gasteiger partial charge in [0.2, 0.25) is 0 Å². The van der Waals surface area contributed by atoms with Crippen molar-refractivity contribution in [3.8, 4) is 6.07 Å². The number of nitriles is 1. The van der Waals surface area contributed by atoms with Crippen LogP contribution < -0.4 is 10.2 Å². The van der Waals surface area contributed by atoms with Gasteiger partial charge in [0, 0.05) is 32.4 Å². The molecule has 1 aliphatic rings. The molecule has 0 aliphatic carbocycles. The Morgan fingerprint density at radius 1 is 1.43 bits per heavy atom. The van der Waals surface area contributed by atoms with E-state index >= 15 is 0 Å². The summed E-state index contributed by atoms with van der Waals surface area (Å²) < 4.78 is 0. The van der Waals surface area contributed by atoms with Gasteiger partial charge in [-0.15, -0.1) is 0 Å². The van der Waals surface area contributed by atoms with Crippen LogP contribution in [0.3, 0.4) is 0 Å². The van der Waals surface area contributed by atoms with Gasteiger partial charge in [0.1, 0.15) is 6.07 Å². The molecule has 1 fully saturated rings. The Morgan fingerprint density at radius 3 is 2.93 bits per heavy atom. The first-order chi connectivity index (χ1) is 6.92. The van der Waals surface area contributed by atoms with Crippen molar-refractivity contribution >= 4 is 5.69 Å². The average Bonchev–Trinajstić information content (AvgIpc) is 2.30. The van der Waals surface area contributed by atoms with E-state index < -0.39 is 0 Å². The molecule has 14 heavy (non-hydrogen) atoms. The summed E-state index contributed by atoms with van der Waals surface area (Å²) >= 11 is 0. The summed E-state index contributed by atoms with van der Waals surface area (Å²) in [6, 6.07) is 3.95. The summed E-state index contributed by atoms with van der Waals surface area (Å²) in [6.07, 6.45) is 3.42. The average molecular weight is 188 g/mol. The fraction of sp³-hybridized carbons (Fsp3) is 0.400. The normalized spacial score (nSPS) is 16.4. The second-order valence-corrected chi connectivity index (χ2v) is 3.24. The molecule has 0 amide bonds. The van der Waals surface area contributed by atoms with Crippen LogP contribution in [-0.4, -0.2) is 31.2 Å². The second-order valence-electron chi connectivity index (χ2n) is 3.24. The molecule has 0 saturated carbocycles. The van der Waals surface area contributed by atoms with Gasteiger partial charge in [-0.1, -0.05) is 0 Å². The molecule has 0 unspecified atom stereocenters. The zero-order valence-electron chi connectivity index (χ0n) is 7.90. The third-order valence-electron chi connectivity index (χ3n) is 2.38. The monoisotopic (exact) mass is 188 g/mol. The van der Waals surface area contributed by atoms with Crippen LogP contribution >= 0.6 is 0 Å². The minimum Gasteiger partial charge on any atom is -0.367 e. The van der Waals surface area contributed by atoms with Crippen LogP contribution in [0.25, 0.3) is 0 Å². The standard InChI is InChI=1S/C10H12N4/c11-7-9-1-2-13-8-10(9)14-5-3-12-4-6-14/h1-2,8,12H,3-6H2. The topological polar surface area (TPSA) is 52.0 Å². The lowest BCUT2D eigenvalue weighted by atomic mass is 10.2. The summed E-state index contributed by atoms with van der Waals surface area (Å²) in [5, 5.41) is 12.2. The molecule has 1 aromatic heterocycles. The molecule has 72 valence electrons. The molecule has 1 aliphatic heterocycles. The Morgan fingerprint density at radius 2 is 2.21 bits per heavy atom. The van der Waals surface area contributed by atoms with Crippen molar-refractivity contribution in [1.29, 1.82) is 5.26 Å². The van der Waals surface area contributed by atoms with Crippen LogP contribution in [0.15, 0.2) is 18.5 Å². The summed E-state index contributed by atoms with van der Waals surface area (Å²) in [5.41, 5.74) is 1.67. The Bertz CT molecular complexity index is 349. The number of nitrogens with zero attached hydrogens (tertiary/aromatic N) is 3. The maximum absolute atomic E-state index is 8.93. The zero-order chi connectivity index (χ0) is 9.80. The van der Waals surface area contributed by atoms with Crippen molar-refractivity contribution < 1.29 is 0 Å². The van der Waals surface area contributed by atoms with Crippen molar-refractivity contribution in [2.24, 2.45) is 0 Å². The van der Waals surface area contributed by atoms with E-state index in [4.69, 9.17) is 5.26 Å². The molecular formula is C10H12N4. The lowest BCUT2D eigenvalue weighted by molar-refractivity contribution is 0.588. The number of piperazine rings is 1. The molecular weight excluding hydrogens is 176 g/mol. The fourth-order valence-electron chi connectivity index (χ4n) is 1.64. The van der Waals surface area contributed by atoms with Gasteiger partial charge >= 0.3 is 0 Å². The van der Waals surface area contributed by atoms with Gasteiger partial charge < -0.3 is 10.2 Å². The number of anilines is 1. The minimum atomic E-state index is 0.710. The van der Waals surface area contributed by atoms with Crippen LogP contribution in [0.1, 0.15) is 5.56 Å². The van der Waals surface area contributed by atoms with Crippen LogP contribution in [0.5, 0.6) is 0 Å². The van der Waals surface area contributed by atoms with E-state index in [1.54, 1.807) is 18.5 Å². The molecule has 2 rings (SSSR count). The van der Waals surface area contributed by atoms with Crippen molar-refractivity contribution in [2.45, 2.75) is 0 Å². The van der Waals surface area contributed by atoms with E-state index in [-0.39, 0.29) is 0 Å². The molecule has 0 spiro atoms. The lowest BCUT2D eigenvalue weighted by Gasteiger charge is -2.29. The molecule has 2 heterocycles. The van der Waals surface area contributed by atoms with Crippen LogP contribution in [0, 0.1) is 11.3 Å². The van der Waals surface area contributed by atoms with Gasteiger partial charge in [-0.2, -0.15) is 5.26 Å². The molecule has 1 N–H and O–H groups in total. The highest BCUT2D eigenvalue weighted by Gasteiger charge is 2.13. The van der Waals surface area contributed by atoms with Crippen LogP contribution in [0.4, 0.5) is 5.69 Å². The molecule has 0 bridgehead atoms. The minimum absolute atomic E-state index is 0.710. The summed E-state index contributed by atoms with van der Waals surface area (Å²) in [6.45, 7) is 3.83. The number of pyridine rings is 1. The number of rotatable bonds is 1. The number of aromatic nitrogens is 1. The van der Waals surface area contributed by atoms with Crippen molar-refractivity contribution in [3.05, 3.63) is 24.0 Å². The smallest absolute Gasteiger partial charge is 0.101 e. The quantitative estimate of drug-likeness (QED) is 0.691. The predicted molar refractivity (Wildman–Crippen MR) is 54.0 cm³/mol. The third-order valence-corrected chi connectivity index (χ3v) is 2.38. The maximum atomic E-state index is 8.93. The first-order valence-corrected chi connectivity index (χ1v) is 4.71. The predicted octanol–water partition coefficient (Wildman–Crippen LogP) is 0.363. The van der Waals surface area contributed by atoms with Crippen LogP contribution in [0.2, 0.25) is 0 Å². The maximum Gasteiger partial charge on any atom is 0.101 e. The number of hydrogen-bond donors (Lipinski definition) is 1. The van der Waals surface area contributed by atoms with E-state index in [1.807, 2.05) is 0 Å². The SMILES string of the molecule is N#Cc1ccncc1N1CCNCC1. The van der Waals surface area contributed by atoms with Crippen molar-refractivity contribution in [3.63, 3.8) is 0 Å². The van der Waals surface area contributed by atoms with Gasteiger partial charge in [0.25, 0.3) is 0 Å².